The lowest BCUT2D eigenvalue weighted by Gasteiger charge is -2.24. The molecule has 1 aromatic carbocycles. The predicted molar refractivity (Wildman–Crippen MR) is 93.6 cm³/mol. The lowest BCUT2D eigenvalue weighted by molar-refractivity contribution is -0.146. The maximum atomic E-state index is 12.8. The van der Waals surface area contributed by atoms with Crippen molar-refractivity contribution in [1.29, 1.82) is 0 Å². The minimum atomic E-state index is -0.801. The molecule has 1 saturated heterocycles. The zero-order chi connectivity index (χ0) is 17.9. The number of likely N-dealkylation sites (tertiary alicyclic amines) is 1. The van der Waals surface area contributed by atoms with Crippen molar-refractivity contribution in [3.63, 3.8) is 0 Å². The molecule has 3 amide bonds. The van der Waals surface area contributed by atoms with E-state index in [2.05, 4.69) is 17.5 Å². The summed E-state index contributed by atoms with van der Waals surface area (Å²) in [5.41, 5.74) is 2.71. The van der Waals surface area contributed by atoms with Crippen molar-refractivity contribution in [2.24, 2.45) is 23.7 Å². The fourth-order valence-corrected chi connectivity index (χ4v) is 4.53. The third-order valence-corrected chi connectivity index (χ3v) is 5.92. The Morgan fingerprint density at radius 2 is 1.72 bits per heavy atom. The highest BCUT2D eigenvalue weighted by atomic mass is 16.2. The third-order valence-electron chi connectivity index (χ3n) is 5.92. The molecule has 0 radical (unpaired) electrons. The summed E-state index contributed by atoms with van der Waals surface area (Å²) in [7, 11) is 0. The van der Waals surface area contributed by atoms with Gasteiger partial charge >= 0.3 is 0 Å². The molecular formula is C20H22N2O3. The molecule has 5 heteroatoms. The van der Waals surface area contributed by atoms with Crippen LogP contribution in [0.5, 0.6) is 0 Å². The summed E-state index contributed by atoms with van der Waals surface area (Å²) in [6.45, 7) is 5.50. The van der Waals surface area contributed by atoms with E-state index in [9.17, 15) is 14.4 Å². The second-order valence-electron chi connectivity index (χ2n) is 7.53. The van der Waals surface area contributed by atoms with E-state index in [1.807, 2.05) is 32.0 Å². The van der Waals surface area contributed by atoms with Gasteiger partial charge in [-0.25, -0.2) is 0 Å². The molecule has 5 nitrogen and oxygen atoms in total. The molecular weight excluding hydrogens is 316 g/mol. The van der Waals surface area contributed by atoms with Gasteiger partial charge in [-0.2, -0.15) is 0 Å². The van der Waals surface area contributed by atoms with E-state index in [1.54, 1.807) is 6.92 Å². The number of fused-ring (bicyclic) bond motifs is 5. The van der Waals surface area contributed by atoms with Crippen LogP contribution in [0.3, 0.4) is 0 Å². The quantitative estimate of drug-likeness (QED) is 0.680. The van der Waals surface area contributed by atoms with Crippen LogP contribution < -0.4 is 5.32 Å². The first-order valence-corrected chi connectivity index (χ1v) is 8.82. The first-order chi connectivity index (χ1) is 11.9. The fourth-order valence-electron chi connectivity index (χ4n) is 4.53. The van der Waals surface area contributed by atoms with Crippen molar-refractivity contribution in [2.45, 2.75) is 33.2 Å². The summed E-state index contributed by atoms with van der Waals surface area (Å²) < 4.78 is 0. The average Bonchev–Trinajstić information content (AvgIpc) is 3.24. The van der Waals surface area contributed by atoms with Crippen molar-refractivity contribution >= 4 is 23.4 Å². The number of nitrogens with one attached hydrogen (secondary N) is 1. The number of rotatable bonds is 3. The molecule has 5 atom stereocenters. The Balaban J connectivity index is 1.54. The normalized spacial score (nSPS) is 30.8. The molecule has 1 saturated carbocycles. The van der Waals surface area contributed by atoms with Crippen LogP contribution >= 0.6 is 0 Å². The van der Waals surface area contributed by atoms with E-state index in [0.717, 1.165) is 23.2 Å². The van der Waals surface area contributed by atoms with Crippen LogP contribution in [-0.4, -0.2) is 28.7 Å². The number of amides is 3. The molecule has 130 valence electrons. The molecule has 4 rings (SSSR count). The van der Waals surface area contributed by atoms with Gasteiger partial charge in [0.2, 0.25) is 17.7 Å². The van der Waals surface area contributed by atoms with Crippen LogP contribution in [-0.2, 0) is 14.4 Å². The first-order valence-electron chi connectivity index (χ1n) is 8.82. The monoisotopic (exact) mass is 338 g/mol. The lowest BCUT2D eigenvalue weighted by Crippen LogP contribution is -2.46. The SMILES string of the molecule is Cc1ccc(C)c(NC(=O)[C@H](C)N2C(=O)[C@H]3[C@H](C2=O)[C@H]2C=C[C@H]3C2)c1. The van der Waals surface area contributed by atoms with Gasteiger partial charge in [-0.1, -0.05) is 24.3 Å². The molecule has 0 spiro atoms. The number of allylic oxidation sites excluding steroid dienone is 2. The highest BCUT2D eigenvalue weighted by Crippen LogP contribution is 2.52. The van der Waals surface area contributed by atoms with Gasteiger partial charge in [0, 0.05) is 5.69 Å². The van der Waals surface area contributed by atoms with E-state index >= 15 is 0 Å². The van der Waals surface area contributed by atoms with Gasteiger partial charge in [0.1, 0.15) is 6.04 Å². The third kappa shape index (κ3) is 2.33. The minimum Gasteiger partial charge on any atom is -0.324 e. The van der Waals surface area contributed by atoms with Gasteiger partial charge in [-0.3, -0.25) is 19.3 Å². The molecule has 1 aliphatic heterocycles. The Bertz CT molecular complexity index is 783. The number of hydrogen-bond acceptors (Lipinski definition) is 3. The van der Waals surface area contributed by atoms with Gasteiger partial charge in [0.15, 0.2) is 0 Å². The highest BCUT2D eigenvalue weighted by Gasteiger charge is 2.60. The van der Waals surface area contributed by atoms with Crippen LogP contribution in [0, 0.1) is 37.5 Å². The number of aryl methyl sites for hydroxylation is 2. The molecule has 3 aliphatic rings. The number of hydrogen-bond donors (Lipinski definition) is 1. The molecule has 2 fully saturated rings. The summed E-state index contributed by atoms with van der Waals surface area (Å²) in [4.78, 5) is 39.5. The van der Waals surface area contributed by atoms with Crippen LogP contribution in [0.25, 0.3) is 0 Å². The Hall–Kier alpha value is -2.43. The molecule has 1 heterocycles. The van der Waals surface area contributed by atoms with Gasteiger partial charge < -0.3 is 5.32 Å². The highest BCUT2D eigenvalue weighted by molar-refractivity contribution is 6.10. The first kappa shape index (κ1) is 16.1. The molecule has 2 bridgehead atoms. The van der Waals surface area contributed by atoms with E-state index in [0.29, 0.717) is 0 Å². The number of benzene rings is 1. The standard InChI is InChI=1S/C20H22N2O3/c1-10-4-5-11(2)15(8-10)21-18(23)12(3)22-19(24)16-13-6-7-14(9-13)17(16)20(22)25/h4-8,12-14,16-17H,9H2,1-3H3,(H,21,23)/t12-,13-,14-,16+,17+/m0/s1. The van der Waals surface area contributed by atoms with Crippen molar-refractivity contribution < 1.29 is 14.4 Å². The molecule has 1 aromatic rings. The Morgan fingerprint density at radius 1 is 1.12 bits per heavy atom. The number of imide groups is 1. The second kappa shape index (κ2) is 5.55. The topological polar surface area (TPSA) is 66.5 Å². The van der Waals surface area contributed by atoms with E-state index in [1.165, 1.54) is 4.90 Å². The summed E-state index contributed by atoms with van der Waals surface area (Å²) in [5.74, 6) is -0.907. The zero-order valence-electron chi connectivity index (χ0n) is 14.7. The lowest BCUT2D eigenvalue weighted by atomic mass is 9.85. The van der Waals surface area contributed by atoms with E-state index < -0.39 is 6.04 Å². The molecule has 2 aliphatic carbocycles. The molecule has 1 N–H and O–H groups in total. The van der Waals surface area contributed by atoms with Crippen molar-refractivity contribution in [1.82, 2.24) is 4.90 Å². The van der Waals surface area contributed by atoms with Crippen molar-refractivity contribution in [3.8, 4) is 0 Å². The molecule has 0 aromatic heterocycles. The number of carbonyl (C=O) groups excluding carboxylic acids is 3. The maximum absolute atomic E-state index is 12.8. The molecule has 0 unspecified atom stereocenters. The Morgan fingerprint density at radius 3 is 2.32 bits per heavy atom. The van der Waals surface area contributed by atoms with Gasteiger partial charge in [0.25, 0.3) is 0 Å². The number of anilines is 1. The Kier molecular flexibility index (Phi) is 3.56. The van der Waals surface area contributed by atoms with E-state index in [-0.39, 0.29) is 41.4 Å². The fraction of sp³-hybridized carbons (Fsp3) is 0.450. The summed E-state index contributed by atoms with van der Waals surface area (Å²) in [6, 6.07) is 5.01. The number of nitrogens with zero attached hydrogens (tertiary/aromatic N) is 1. The molecule has 25 heavy (non-hydrogen) atoms. The Labute approximate surface area is 147 Å². The minimum absolute atomic E-state index is 0.158. The van der Waals surface area contributed by atoms with Crippen molar-refractivity contribution in [3.05, 3.63) is 41.5 Å². The number of carbonyl (C=O) groups is 3. The van der Waals surface area contributed by atoms with Gasteiger partial charge in [-0.05, 0) is 56.2 Å². The van der Waals surface area contributed by atoms with Crippen molar-refractivity contribution in [2.75, 3.05) is 5.32 Å². The van der Waals surface area contributed by atoms with Crippen LogP contribution in [0.2, 0.25) is 0 Å². The maximum Gasteiger partial charge on any atom is 0.247 e. The summed E-state index contributed by atoms with van der Waals surface area (Å²) in [5, 5.41) is 2.87. The second-order valence-corrected chi connectivity index (χ2v) is 7.53. The largest absolute Gasteiger partial charge is 0.324 e. The van der Waals surface area contributed by atoms with Crippen LogP contribution in [0.15, 0.2) is 30.4 Å². The van der Waals surface area contributed by atoms with Crippen LogP contribution in [0.1, 0.15) is 24.5 Å². The van der Waals surface area contributed by atoms with Gasteiger partial charge in [-0.15, -0.1) is 0 Å². The van der Waals surface area contributed by atoms with Gasteiger partial charge in [0.05, 0.1) is 11.8 Å². The zero-order valence-corrected chi connectivity index (χ0v) is 14.7. The summed E-state index contributed by atoms with van der Waals surface area (Å²) >= 11 is 0. The van der Waals surface area contributed by atoms with E-state index in [4.69, 9.17) is 0 Å². The summed E-state index contributed by atoms with van der Waals surface area (Å²) in [6.07, 6.45) is 5.01. The smallest absolute Gasteiger partial charge is 0.247 e. The predicted octanol–water partition coefficient (Wildman–Crippen LogP) is 2.44. The average molecular weight is 338 g/mol. The van der Waals surface area contributed by atoms with Crippen LogP contribution in [0.4, 0.5) is 5.69 Å².